The lowest BCUT2D eigenvalue weighted by molar-refractivity contribution is -0.136. The molecule has 0 aliphatic rings. The molecule has 0 radical (unpaired) electrons. The fourth-order valence-electron chi connectivity index (χ4n) is 0.708. The van der Waals surface area contributed by atoms with Crippen molar-refractivity contribution in [2.45, 2.75) is 45.8 Å². The summed E-state index contributed by atoms with van der Waals surface area (Å²) in [7, 11) is -1.75. The van der Waals surface area contributed by atoms with E-state index in [9.17, 15) is 4.79 Å². The van der Waals surface area contributed by atoms with Crippen LogP contribution in [-0.4, -0.2) is 27.5 Å². The van der Waals surface area contributed by atoms with Gasteiger partial charge in [-0.3, -0.25) is 0 Å². The molecular formula is C12H22O3Si. The van der Waals surface area contributed by atoms with Gasteiger partial charge in [-0.15, -0.1) is 0 Å². The van der Waals surface area contributed by atoms with E-state index in [2.05, 4.69) is 50.4 Å². The van der Waals surface area contributed by atoms with Gasteiger partial charge < -0.3 is 9.16 Å². The molecule has 0 aromatic carbocycles. The summed E-state index contributed by atoms with van der Waals surface area (Å²) in [5, 5.41) is 0.165. The van der Waals surface area contributed by atoms with Gasteiger partial charge in [-0.25, -0.2) is 4.79 Å². The molecule has 0 aliphatic heterocycles. The van der Waals surface area contributed by atoms with E-state index in [1.54, 1.807) is 6.92 Å². The second kappa shape index (κ2) is 6.07. The molecule has 0 bridgehead atoms. The Labute approximate surface area is 99.6 Å². The Morgan fingerprint density at radius 3 is 2.31 bits per heavy atom. The maximum atomic E-state index is 10.9. The third-order valence-corrected chi connectivity index (χ3v) is 7.26. The number of carbonyl (C=O) groups is 1. The van der Waals surface area contributed by atoms with E-state index in [0.717, 1.165) is 0 Å². The van der Waals surface area contributed by atoms with E-state index >= 15 is 0 Å². The van der Waals surface area contributed by atoms with Crippen LogP contribution in [0.25, 0.3) is 0 Å². The Morgan fingerprint density at radius 1 is 1.31 bits per heavy atom. The van der Waals surface area contributed by atoms with Crippen LogP contribution in [0.4, 0.5) is 0 Å². The zero-order chi connectivity index (χ0) is 12.8. The number of rotatable bonds is 3. The predicted octanol–water partition coefficient (Wildman–Crippen LogP) is 2.57. The van der Waals surface area contributed by atoms with E-state index in [1.165, 1.54) is 0 Å². The molecule has 16 heavy (non-hydrogen) atoms. The number of hydrogen-bond donors (Lipinski definition) is 0. The Balaban J connectivity index is 4.13. The van der Waals surface area contributed by atoms with Crippen LogP contribution in [0, 0.1) is 11.8 Å². The molecule has 0 N–H and O–H groups in total. The molecular weight excluding hydrogens is 220 g/mol. The smallest absolute Gasteiger partial charge is 0.384 e. The van der Waals surface area contributed by atoms with Crippen LogP contribution in [-0.2, 0) is 14.0 Å². The lowest BCUT2D eigenvalue weighted by atomic mass is 10.2. The summed E-state index contributed by atoms with van der Waals surface area (Å²) in [5.41, 5.74) is 0. The number of hydrogen-bond acceptors (Lipinski definition) is 3. The lowest BCUT2D eigenvalue weighted by Gasteiger charge is -2.35. The molecule has 0 aliphatic carbocycles. The molecule has 0 aromatic heterocycles. The Kier molecular flexibility index (Phi) is 5.77. The highest BCUT2D eigenvalue weighted by Crippen LogP contribution is 2.36. The van der Waals surface area contributed by atoms with Crippen molar-refractivity contribution >= 4 is 14.3 Å². The van der Waals surface area contributed by atoms with Crippen LogP contribution in [0.3, 0.4) is 0 Å². The van der Waals surface area contributed by atoms with Crippen LogP contribution in [0.15, 0.2) is 0 Å². The molecule has 4 heteroatoms. The average molecular weight is 242 g/mol. The minimum atomic E-state index is -1.75. The van der Waals surface area contributed by atoms with Crippen LogP contribution in [0.5, 0.6) is 0 Å². The molecule has 0 fully saturated rings. The molecule has 0 saturated carbocycles. The molecule has 0 heterocycles. The molecule has 0 atom stereocenters. The maximum Gasteiger partial charge on any atom is 0.384 e. The molecule has 0 saturated heterocycles. The normalized spacial score (nSPS) is 11.6. The van der Waals surface area contributed by atoms with Crippen molar-refractivity contribution in [1.29, 1.82) is 0 Å². The van der Waals surface area contributed by atoms with Crippen molar-refractivity contribution in [3.63, 3.8) is 0 Å². The highest BCUT2D eigenvalue weighted by Gasteiger charge is 2.36. The maximum absolute atomic E-state index is 10.9. The van der Waals surface area contributed by atoms with Gasteiger partial charge in [0.25, 0.3) is 0 Å². The Bertz CT molecular complexity index is 292. The quantitative estimate of drug-likeness (QED) is 0.330. The minimum absolute atomic E-state index is 0.165. The molecule has 92 valence electrons. The van der Waals surface area contributed by atoms with Crippen molar-refractivity contribution < 1.29 is 14.0 Å². The van der Waals surface area contributed by atoms with E-state index in [-0.39, 0.29) is 5.04 Å². The first-order valence-corrected chi connectivity index (χ1v) is 8.41. The zero-order valence-corrected chi connectivity index (χ0v) is 12.1. The van der Waals surface area contributed by atoms with Crippen molar-refractivity contribution in [2.75, 3.05) is 13.2 Å². The lowest BCUT2D eigenvalue weighted by Crippen LogP contribution is -2.40. The summed E-state index contributed by atoms with van der Waals surface area (Å²) in [5.74, 6) is 4.59. The van der Waals surface area contributed by atoms with Gasteiger partial charge in [-0.2, -0.15) is 0 Å². The van der Waals surface area contributed by atoms with Crippen LogP contribution >= 0.6 is 0 Å². The molecule has 0 rings (SSSR count). The first-order valence-electron chi connectivity index (χ1n) is 5.50. The molecule has 0 aromatic rings. The Morgan fingerprint density at radius 2 is 1.88 bits per heavy atom. The van der Waals surface area contributed by atoms with Gasteiger partial charge in [-0.05, 0) is 25.1 Å². The van der Waals surface area contributed by atoms with Gasteiger partial charge >= 0.3 is 5.97 Å². The number of ether oxygens (including phenoxy) is 1. The molecule has 0 amide bonds. The fourth-order valence-corrected chi connectivity index (χ4v) is 1.57. The van der Waals surface area contributed by atoms with Gasteiger partial charge in [0.1, 0.15) is 0 Å². The summed E-state index contributed by atoms with van der Waals surface area (Å²) in [6.07, 6.45) is 0. The first kappa shape index (κ1) is 15.2. The zero-order valence-electron chi connectivity index (χ0n) is 11.1. The van der Waals surface area contributed by atoms with Crippen molar-refractivity contribution in [3.8, 4) is 11.8 Å². The van der Waals surface area contributed by atoms with E-state index < -0.39 is 14.3 Å². The van der Waals surface area contributed by atoms with Crippen LogP contribution < -0.4 is 0 Å². The fraction of sp³-hybridized carbons (Fsp3) is 0.750. The van der Waals surface area contributed by atoms with E-state index in [0.29, 0.717) is 13.2 Å². The summed E-state index contributed by atoms with van der Waals surface area (Å²) < 4.78 is 10.5. The van der Waals surface area contributed by atoms with Gasteiger partial charge in [0.05, 0.1) is 13.2 Å². The summed E-state index contributed by atoms with van der Waals surface area (Å²) in [6.45, 7) is 13.2. The molecule has 3 nitrogen and oxygen atoms in total. The van der Waals surface area contributed by atoms with Crippen molar-refractivity contribution in [3.05, 3.63) is 0 Å². The van der Waals surface area contributed by atoms with Gasteiger partial charge in [0, 0.05) is 5.92 Å². The third-order valence-electron chi connectivity index (χ3n) is 2.78. The Hall–Kier alpha value is -0.793. The number of carbonyl (C=O) groups excluding carboxylic acids is 1. The topological polar surface area (TPSA) is 35.5 Å². The minimum Gasteiger partial charge on any atom is -0.456 e. The number of esters is 1. The van der Waals surface area contributed by atoms with Gasteiger partial charge in [0.2, 0.25) is 0 Å². The predicted molar refractivity (Wildman–Crippen MR) is 67.6 cm³/mol. The monoisotopic (exact) mass is 242 g/mol. The summed E-state index contributed by atoms with van der Waals surface area (Å²) in [4.78, 5) is 10.9. The van der Waals surface area contributed by atoms with Gasteiger partial charge in [-0.1, -0.05) is 26.7 Å². The molecule has 0 unspecified atom stereocenters. The molecule has 0 spiro atoms. The van der Waals surface area contributed by atoms with Gasteiger partial charge in [0.15, 0.2) is 8.32 Å². The second-order valence-electron chi connectivity index (χ2n) is 5.07. The summed E-state index contributed by atoms with van der Waals surface area (Å²) >= 11 is 0. The standard InChI is InChI=1S/C12H22O3Si/c1-7-14-11(13)9-8-10-15-16(5,6)12(2,3)4/h7,10H2,1-6H3. The van der Waals surface area contributed by atoms with E-state index in [1.807, 2.05) is 0 Å². The average Bonchev–Trinajstić information content (AvgIpc) is 2.11. The largest absolute Gasteiger partial charge is 0.456 e. The van der Waals surface area contributed by atoms with E-state index in [4.69, 9.17) is 4.43 Å². The SMILES string of the molecule is CCOC(=O)C#CCO[Si](C)(C)C(C)(C)C. The summed E-state index contributed by atoms with van der Waals surface area (Å²) in [6, 6.07) is 0. The highest BCUT2D eigenvalue weighted by atomic mass is 28.4. The van der Waals surface area contributed by atoms with Crippen LogP contribution in [0.2, 0.25) is 18.1 Å². The first-order chi connectivity index (χ1) is 7.20. The second-order valence-corrected chi connectivity index (χ2v) is 9.88. The van der Waals surface area contributed by atoms with Crippen molar-refractivity contribution in [1.82, 2.24) is 0 Å². The van der Waals surface area contributed by atoms with Crippen molar-refractivity contribution in [2.24, 2.45) is 0 Å². The van der Waals surface area contributed by atoms with Crippen LogP contribution in [0.1, 0.15) is 27.7 Å². The highest BCUT2D eigenvalue weighted by molar-refractivity contribution is 6.74. The third kappa shape index (κ3) is 5.33.